The van der Waals surface area contributed by atoms with Crippen LogP contribution in [0.3, 0.4) is 0 Å². The van der Waals surface area contributed by atoms with Crippen molar-refractivity contribution in [1.29, 1.82) is 0 Å². The molecule has 0 saturated carbocycles. The fourth-order valence-electron chi connectivity index (χ4n) is 2.39. The monoisotopic (exact) mass is 291 g/mol. The highest BCUT2D eigenvalue weighted by Crippen LogP contribution is 2.29. The molecule has 0 saturated heterocycles. The molecule has 2 aromatic carbocycles. The number of hydrogen-bond acceptors (Lipinski definition) is 1. The molecule has 0 heterocycles. The highest BCUT2D eigenvalue weighted by molar-refractivity contribution is 6.32. The summed E-state index contributed by atoms with van der Waals surface area (Å²) in [6.45, 7) is 3.99. The fraction of sp³-hybridized carbons (Fsp3) is 0.294. The Morgan fingerprint density at radius 2 is 1.90 bits per heavy atom. The van der Waals surface area contributed by atoms with Crippen LogP contribution in [0, 0.1) is 19.7 Å². The predicted octanol–water partition coefficient (Wildman–Crippen LogP) is 4.60. The molecular formula is C17H19ClFN. The van der Waals surface area contributed by atoms with E-state index in [1.54, 1.807) is 6.07 Å². The van der Waals surface area contributed by atoms with Gasteiger partial charge < -0.3 is 5.32 Å². The van der Waals surface area contributed by atoms with Crippen LogP contribution in [0.5, 0.6) is 0 Å². The molecule has 0 amide bonds. The highest BCUT2D eigenvalue weighted by Gasteiger charge is 2.16. The average molecular weight is 292 g/mol. The summed E-state index contributed by atoms with van der Waals surface area (Å²) in [5.74, 6) is -0.198. The minimum atomic E-state index is -0.198. The number of likely N-dealkylation sites (N-methyl/N-ethyl adjacent to an activating group) is 1. The van der Waals surface area contributed by atoms with Crippen molar-refractivity contribution in [2.75, 3.05) is 7.05 Å². The van der Waals surface area contributed by atoms with E-state index in [1.165, 1.54) is 6.07 Å². The van der Waals surface area contributed by atoms with Gasteiger partial charge in [0.2, 0.25) is 0 Å². The van der Waals surface area contributed by atoms with Crippen LogP contribution in [-0.4, -0.2) is 7.05 Å². The van der Waals surface area contributed by atoms with Crippen LogP contribution in [0.4, 0.5) is 4.39 Å². The zero-order chi connectivity index (χ0) is 14.7. The van der Waals surface area contributed by atoms with Gasteiger partial charge in [0, 0.05) is 11.1 Å². The number of rotatable bonds is 4. The molecule has 0 aliphatic carbocycles. The Morgan fingerprint density at radius 1 is 1.15 bits per heavy atom. The number of benzene rings is 2. The van der Waals surface area contributed by atoms with Gasteiger partial charge in [0.15, 0.2) is 0 Å². The van der Waals surface area contributed by atoms with Crippen molar-refractivity contribution in [3.8, 4) is 0 Å². The largest absolute Gasteiger partial charge is 0.313 e. The summed E-state index contributed by atoms with van der Waals surface area (Å²) >= 11 is 6.39. The van der Waals surface area contributed by atoms with Gasteiger partial charge in [0.05, 0.1) is 0 Å². The Labute approximate surface area is 124 Å². The third kappa shape index (κ3) is 3.20. The first-order valence-electron chi connectivity index (χ1n) is 6.70. The SMILES string of the molecule is CNC(Cc1cc(F)ccc1C)c1cccc(C)c1Cl. The lowest BCUT2D eigenvalue weighted by molar-refractivity contribution is 0.582. The van der Waals surface area contributed by atoms with Crippen molar-refractivity contribution in [1.82, 2.24) is 5.32 Å². The van der Waals surface area contributed by atoms with E-state index in [0.717, 1.165) is 27.3 Å². The Hall–Kier alpha value is -1.38. The summed E-state index contributed by atoms with van der Waals surface area (Å²) in [7, 11) is 1.90. The summed E-state index contributed by atoms with van der Waals surface area (Å²) in [6.07, 6.45) is 0.712. The molecule has 0 aromatic heterocycles. The van der Waals surface area contributed by atoms with Crippen LogP contribution >= 0.6 is 11.6 Å². The summed E-state index contributed by atoms with van der Waals surface area (Å²) in [4.78, 5) is 0. The molecule has 2 rings (SSSR count). The second-order valence-corrected chi connectivity index (χ2v) is 5.47. The maximum atomic E-state index is 13.4. The zero-order valence-corrected chi connectivity index (χ0v) is 12.8. The number of aryl methyl sites for hydroxylation is 2. The van der Waals surface area contributed by atoms with Gasteiger partial charge >= 0.3 is 0 Å². The van der Waals surface area contributed by atoms with Gasteiger partial charge in [-0.05, 0) is 61.7 Å². The molecular weight excluding hydrogens is 273 g/mol. The molecule has 0 aliphatic heterocycles. The molecule has 20 heavy (non-hydrogen) atoms. The van der Waals surface area contributed by atoms with Crippen molar-refractivity contribution < 1.29 is 4.39 Å². The average Bonchev–Trinajstić information content (AvgIpc) is 2.43. The fourth-order valence-corrected chi connectivity index (χ4v) is 2.64. The van der Waals surface area contributed by atoms with Crippen LogP contribution in [0.25, 0.3) is 0 Å². The molecule has 1 unspecified atom stereocenters. The molecule has 106 valence electrons. The van der Waals surface area contributed by atoms with Gasteiger partial charge in [-0.1, -0.05) is 35.9 Å². The lowest BCUT2D eigenvalue weighted by Crippen LogP contribution is -2.20. The number of nitrogens with one attached hydrogen (secondary N) is 1. The minimum Gasteiger partial charge on any atom is -0.313 e. The molecule has 0 aliphatic rings. The van der Waals surface area contributed by atoms with E-state index < -0.39 is 0 Å². The van der Waals surface area contributed by atoms with Crippen LogP contribution in [0.15, 0.2) is 36.4 Å². The standard InChI is InChI=1S/C17H19ClFN/c1-11-7-8-14(19)9-13(11)10-16(20-3)15-6-4-5-12(2)17(15)18/h4-9,16,20H,10H2,1-3H3. The highest BCUT2D eigenvalue weighted by atomic mass is 35.5. The van der Waals surface area contributed by atoms with Crippen molar-refractivity contribution >= 4 is 11.6 Å². The van der Waals surface area contributed by atoms with E-state index in [0.29, 0.717) is 6.42 Å². The smallest absolute Gasteiger partial charge is 0.123 e. The van der Waals surface area contributed by atoms with Crippen LogP contribution in [-0.2, 0) is 6.42 Å². The first-order chi connectivity index (χ1) is 9.52. The molecule has 3 heteroatoms. The van der Waals surface area contributed by atoms with E-state index >= 15 is 0 Å². The van der Waals surface area contributed by atoms with Crippen molar-refractivity contribution in [2.24, 2.45) is 0 Å². The Kier molecular flexibility index (Phi) is 4.79. The summed E-state index contributed by atoms with van der Waals surface area (Å²) in [6, 6.07) is 11.0. The quantitative estimate of drug-likeness (QED) is 0.868. The lowest BCUT2D eigenvalue weighted by atomic mass is 9.95. The van der Waals surface area contributed by atoms with Gasteiger partial charge in [-0.15, -0.1) is 0 Å². The second-order valence-electron chi connectivity index (χ2n) is 5.09. The zero-order valence-electron chi connectivity index (χ0n) is 12.0. The molecule has 0 fully saturated rings. The molecule has 1 N–H and O–H groups in total. The van der Waals surface area contributed by atoms with Gasteiger partial charge in [-0.25, -0.2) is 4.39 Å². The van der Waals surface area contributed by atoms with Crippen LogP contribution < -0.4 is 5.32 Å². The second kappa shape index (κ2) is 6.38. The first-order valence-corrected chi connectivity index (χ1v) is 7.08. The lowest BCUT2D eigenvalue weighted by Gasteiger charge is -2.20. The van der Waals surface area contributed by atoms with E-state index in [4.69, 9.17) is 11.6 Å². The van der Waals surface area contributed by atoms with E-state index in [1.807, 2.05) is 45.2 Å². The molecule has 1 atom stereocenters. The molecule has 2 aromatic rings. The summed E-state index contributed by atoms with van der Waals surface area (Å²) in [5, 5.41) is 4.05. The molecule has 0 spiro atoms. The predicted molar refractivity (Wildman–Crippen MR) is 82.8 cm³/mol. The Morgan fingerprint density at radius 3 is 2.60 bits per heavy atom. The Bertz CT molecular complexity index is 610. The minimum absolute atomic E-state index is 0.0721. The van der Waals surface area contributed by atoms with Crippen molar-refractivity contribution in [3.63, 3.8) is 0 Å². The summed E-state index contributed by atoms with van der Waals surface area (Å²) in [5.41, 5.74) is 4.20. The third-order valence-electron chi connectivity index (χ3n) is 3.68. The summed E-state index contributed by atoms with van der Waals surface area (Å²) < 4.78 is 13.4. The van der Waals surface area contributed by atoms with Crippen molar-refractivity contribution in [2.45, 2.75) is 26.3 Å². The topological polar surface area (TPSA) is 12.0 Å². The number of hydrogen-bond donors (Lipinski definition) is 1. The molecule has 0 radical (unpaired) electrons. The maximum Gasteiger partial charge on any atom is 0.123 e. The van der Waals surface area contributed by atoms with Crippen LogP contribution in [0.2, 0.25) is 5.02 Å². The number of halogens is 2. The van der Waals surface area contributed by atoms with Gasteiger partial charge in [-0.2, -0.15) is 0 Å². The van der Waals surface area contributed by atoms with E-state index in [-0.39, 0.29) is 11.9 Å². The van der Waals surface area contributed by atoms with E-state index in [2.05, 4.69) is 5.32 Å². The van der Waals surface area contributed by atoms with Gasteiger partial charge in [-0.3, -0.25) is 0 Å². The van der Waals surface area contributed by atoms with Gasteiger partial charge in [0.1, 0.15) is 5.82 Å². The molecule has 1 nitrogen and oxygen atoms in total. The van der Waals surface area contributed by atoms with Gasteiger partial charge in [0.25, 0.3) is 0 Å². The first kappa shape index (κ1) is 15.0. The normalized spacial score (nSPS) is 12.4. The van der Waals surface area contributed by atoms with E-state index in [9.17, 15) is 4.39 Å². The van der Waals surface area contributed by atoms with Crippen molar-refractivity contribution in [3.05, 3.63) is 69.5 Å². The maximum absolute atomic E-state index is 13.4. The third-order valence-corrected chi connectivity index (χ3v) is 4.20. The van der Waals surface area contributed by atoms with Crippen LogP contribution in [0.1, 0.15) is 28.3 Å². The molecule has 0 bridgehead atoms. The Balaban J connectivity index is 2.34.